The molecule has 1 heterocycles. The highest BCUT2D eigenvalue weighted by molar-refractivity contribution is 7.97. The molecule has 0 aliphatic rings. The fraction of sp³-hybridized carbons (Fsp3) is 0.235. The number of fused-ring (bicyclic) bond motifs is 1. The molecule has 5 nitrogen and oxygen atoms in total. The van der Waals surface area contributed by atoms with Crippen LogP contribution in [0.3, 0.4) is 0 Å². The van der Waals surface area contributed by atoms with Gasteiger partial charge >= 0.3 is 5.76 Å². The molecule has 3 aromatic rings. The molecular formula is C17H19N3O2S. The number of oxazole rings is 1. The van der Waals surface area contributed by atoms with E-state index in [1.807, 2.05) is 18.2 Å². The Kier molecular flexibility index (Phi) is 4.85. The van der Waals surface area contributed by atoms with E-state index in [4.69, 9.17) is 10.2 Å². The third-order valence-corrected chi connectivity index (χ3v) is 4.35. The lowest BCUT2D eigenvalue weighted by Crippen LogP contribution is -2.11. The molecule has 0 fully saturated rings. The van der Waals surface area contributed by atoms with Gasteiger partial charge in [-0.2, -0.15) is 0 Å². The zero-order chi connectivity index (χ0) is 16.2. The van der Waals surface area contributed by atoms with Crippen LogP contribution in [0.4, 0.5) is 0 Å². The standard InChI is InChI=1S/C17H19N3O2S/c1-20-15-10-14(6-7-16(15)22-17(20)21)13-4-2-12(3-5-13)8-9-19-23-11-18/h2-7,10,19H,8-9,11,18H2,1H3. The number of rotatable bonds is 6. The number of aromatic nitrogens is 1. The molecule has 0 unspecified atom stereocenters. The Balaban J connectivity index is 1.79. The van der Waals surface area contributed by atoms with Crippen molar-refractivity contribution in [3.63, 3.8) is 0 Å². The largest absolute Gasteiger partial charge is 0.419 e. The molecule has 23 heavy (non-hydrogen) atoms. The summed E-state index contributed by atoms with van der Waals surface area (Å²) in [5, 5.41) is 0. The van der Waals surface area contributed by atoms with Crippen LogP contribution in [0.25, 0.3) is 22.2 Å². The zero-order valence-electron chi connectivity index (χ0n) is 12.9. The lowest BCUT2D eigenvalue weighted by Gasteiger charge is -2.06. The van der Waals surface area contributed by atoms with E-state index in [9.17, 15) is 4.79 Å². The summed E-state index contributed by atoms with van der Waals surface area (Å²) in [6.45, 7) is 0.893. The quantitative estimate of drug-likeness (QED) is 0.413. The summed E-state index contributed by atoms with van der Waals surface area (Å²) in [5.41, 5.74) is 10.3. The Bertz CT molecular complexity index is 852. The average Bonchev–Trinajstić information content (AvgIpc) is 2.86. The van der Waals surface area contributed by atoms with Gasteiger partial charge in [-0.15, -0.1) is 0 Å². The van der Waals surface area contributed by atoms with Crippen molar-refractivity contribution >= 4 is 23.0 Å². The van der Waals surface area contributed by atoms with Crippen LogP contribution < -0.4 is 16.2 Å². The minimum atomic E-state index is -0.338. The van der Waals surface area contributed by atoms with Gasteiger partial charge in [0.2, 0.25) is 0 Å². The van der Waals surface area contributed by atoms with Crippen LogP contribution in [0.1, 0.15) is 5.56 Å². The maximum absolute atomic E-state index is 11.6. The van der Waals surface area contributed by atoms with Crippen LogP contribution >= 0.6 is 11.9 Å². The number of benzene rings is 2. The van der Waals surface area contributed by atoms with E-state index < -0.39 is 0 Å². The topological polar surface area (TPSA) is 73.2 Å². The summed E-state index contributed by atoms with van der Waals surface area (Å²) in [4.78, 5) is 11.6. The molecule has 0 atom stereocenters. The predicted octanol–water partition coefficient (Wildman–Crippen LogP) is 2.50. The number of nitrogens with two attached hydrogens (primary N) is 1. The molecule has 0 saturated heterocycles. The molecule has 0 aliphatic heterocycles. The van der Waals surface area contributed by atoms with Gasteiger partial charge in [-0.25, -0.2) is 4.79 Å². The van der Waals surface area contributed by atoms with Crippen LogP contribution in [0.2, 0.25) is 0 Å². The van der Waals surface area contributed by atoms with Gasteiger partial charge in [0, 0.05) is 13.6 Å². The molecule has 0 radical (unpaired) electrons. The molecule has 120 valence electrons. The summed E-state index contributed by atoms with van der Waals surface area (Å²) in [7, 11) is 1.72. The molecule has 2 aromatic carbocycles. The lowest BCUT2D eigenvalue weighted by molar-refractivity contribution is 0.528. The number of nitrogens with zero attached hydrogens (tertiary/aromatic N) is 1. The number of hydrogen-bond acceptors (Lipinski definition) is 5. The second-order valence-corrected chi connectivity index (χ2v) is 6.17. The first-order valence-corrected chi connectivity index (χ1v) is 8.41. The number of aryl methyl sites for hydroxylation is 1. The van der Waals surface area contributed by atoms with Crippen molar-refractivity contribution in [1.82, 2.24) is 9.29 Å². The Morgan fingerprint density at radius 2 is 1.91 bits per heavy atom. The fourth-order valence-corrected chi connectivity index (χ4v) is 2.86. The van der Waals surface area contributed by atoms with Gasteiger partial charge in [-0.3, -0.25) is 9.29 Å². The Hall–Kier alpha value is -2.02. The van der Waals surface area contributed by atoms with E-state index in [0.717, 1.165) is 29.6 Å². The monoisotopic (exact) mass is 329 g/mol. The van der Waals surface area contributed by atoms with Crippen molar-refractivity contribution < 1.29 is 4.42 Å². The smallest absolute Gasteiger partial charge is 0.408 e. The second kappa shape index (κ2) is 7.04. The molecule has 1 aromatic heterocycles. The van der Waals surface area contributed by atoms with Crippen molar-refractivity contribution in [3.8, 4) is 11.1 Å². The van der Waals surface area contributed by atoms with Gasteiger partial charge < -0.3 is 10.2 Å². The summed E-state index contributed by atoms with van der Waals surface area (Å²) in [6, 6.07) is 14.3. The van der Waals surface area contributed by atoms with E-state index in [0.29, 0.717) is 11.5 Å². The van der Waals surface area contributed by atoms with Gasteiger partial charge in [0.25, 0.3) is 0 Å². The van der Waals surface area contributed by atoms with Crippen molar-refractivity contribution in [2.45, 2.75) is 6.42 Å². The predicted molar refractivity (Wildman–Crippen MR) is 95.2 cm³/mol. The van der Waals surface area contributed by atoms with E-state index in [1.165, 1.54) is 22.1 Å². The molecule has 3 N–H and O–H groups in total. The first-order chi connectivity index (χ1) is 11.2. The summed E-state index contributed by atoms with van der Waals surface area (Å²) in [6.07, 6.45) is 0.961. The van der Waals surface area contributed by atoms with Crippen LogP contribution in [0.5, 0.6) is 0 Å². The van der Waals surface area contributed by atoms with Gasteiger partial charge in [-0.05, 0) is 35.2 Å². The van der Waals surface area contributed by atoms with E-state index in [-0.39, 0.29) is 5.76 Å². The molecule has 0 amide bonds. The minimum Gasteiger partial charge on any atom is -0.408 e. The Morgan fingerprint density at radius 1 is 1.17 bits per heavy atom. The molecular weight excluding hydrogens is 310 g/mol. The normalized spacial score (nSPS) is 11.2. The Labute approximate surface area is 138 Å². The van der Waals surface area contributed by atoms with Crippen molar-refractivity contribution in [2.24, 2.45) is 12.8 Å². The first-order valence-electron chi connectivity index (χ1n) is 7.42. The highest BCUT2D eigenvalue weighted by Crippen LogP contribution is 2.24. The lowest BCUT2D eigenvalue weighted by atomic mass is 10.0. The van der Waals surface area contributed by atoms with Crippen LogP contribution in [0, 0.1) is 0 Å². The van der Waals surface area contributed by atoms with Gasteiger partial charge in [-0.1, -0.05) is 42.3 Å². The van der Waals surface area contributed by atoms with Gasteiger partial charge in [0.15, 0.2) is 5.58 Å². The van der Waals surface area contributed by atoms with Gasteiger partial charge in [0.1, 0.15) is 0 Å². The maximum atomic E-state index is 11.6. The highest BCUT2D eigenvalue weighted by atomic mass is 32.2. The minimum absolute atomic E-state index is 0.338. The van der Waals surface area contributed by atoms with Crippen molar-refractivity contribution in [1.29, 1.82) is 0 Å². The van der Waals surface area contributed by atoms with Gasteiger partial charge in [0.05, 0.1) is 11.4 Å². The SMILES string of the molecule is Cn1c(=O)oc2ccc(-c3ccc(CCNSCN)cc3)cc21. The van der Waals surface area contributed by atoms with Crippen LogP contribution in [0.15, 0.2) is 51.7 Å². The third kappa shape index (κ3) is 3.50. The molecule has 3 rings (SSSR count). The maximum Gasteiger partial charge on any atom is 0.419 e. The van der Waals surface area contributed by atoms with E-state index >= 15 is 0 Å². The van der Waals surface area contributed by atoms with Crippen LogP contribution in [-0.4, -0.2) is 17.0 Å². The van der Waals surface area contributed by atoms with Crippen molar-refractivity contribution in [2.75, 3.05) is 12.4 Å². The van der Waals surface area contributed by atoms with Crippen molar-refractivity contribution in [3.05, 3.63) is 58.6 Å². The summed E-state index contributed by atoms with van der Waals surface area (Å²) >= 11 is 1.52. The second-order valence-electron chi connectivity index (χ2n) is 5.26. The van der Waals surface area contributed by atoms with E-state index in [2.05, 4.69) is 29.0 Å². The third-order valence-electron chi connectivity index (χ3n) is 3.78. The van der Waals surface area contributed by atoms with E-state index in [1.54, 1.807) is 7.05 Å². The molecule has 0 spiro atoms. The Morgan fingerprint density at radius 3 is 2.65 bits per heavy atom. The highest BCUT2D eigenvalue weighted by Gasteiger charge is 2.07. The molecule has 0 saturated carbocycles. The fourth-order valence-electron chi connectivity index (χ4n) is 2.50. The number of hydrogen-bond donors (Lipinski definition) is 2. The zero-order valence-corrected chi connectivity index (χ0v) is 13.7. The molecule has 0 aliphatic carbocycles. The molecule has 0 bridgehead atoms. The first kappa shape index (κ1) is 15.9. The average molecular weight is 329 g/mol. The number of nitrogens with one attached hydrogen (secondary N) is 1. The summed E-state index contributed by atoms with van der Waals surface area (Å²) < 4.78 is 9.89. The molecule has 6 heteroatoms. The summed E-state index contributed by atoms with van der Waals surface area (Å²) in [5.74, 6) is 0.244. The van der Waals surface area contributed by atoms with Crippen LogP contribution in [-0.2, 0) is 13.5 Å².